The first-order valence-electron chi connectivity index (χ1n) is 7.52. The van der Waals surface area contributed by atoms with Crippen LogP contribution in [0, 0.1) is 0 Å². The van der Waals surface area contributed by atoms with Crippen molar-refractivity contribution >= 4 is 21.8 Å². The van der Waals surface area contributed by atoms with Crippen LogP contribution in [0.1, 0.15) is 36.5 Å². The molecule has 1 amide bonds. The summed E-state index contributed by atoms with van der Waals surface area (Å²) in [5.74, 6) is 0.689. The minimum Gasteiger partial charge on any atom is -0.496 e. The van der Waals surface area contributed by atoms with Gasteiger partial charge >= 0.3 is 0 Å². The van der Waals surface area contributed by atoms with Crippen LogP contribution in [0.4, 0.5) is 0 Å². The molecule has 0 bridgehead atoms. The molecule has 2 rings (SSSR count). The Kier molecular flexibility index (Phi) is 6.06. The number of hydrogen-bond donors (Lipinski definition) is 1. The average molecular weight is 355 g/mol. The van der Waals surface area contributed by atoms with Crippen LogP contribution in [0.5, 0.6) is 5.75 Å². The minimum absolute atomic E-state index is 0.0647. The Labute approximate surface area is 135 Å². The number of ether oxygens (including phenoxy) is 1. The third-order valence-electron chi connectivity index (χ3n) is 3.83. The molecular formula is C16H23BrN2O2. The summed E-state index contributed by atoms with van der Waals surface area (Å²) in [5.41, 5.74) is 0.639. The van der Waals surface area contributed by atoms with Crippen molar-refractivity contribution < 1.29 is 9.53 Å². The first-order chi connectivity index (χ1) is 10.2. The van der Waals surface area contributed by atoms with Crippen molar-refractivity contribution in [2.75, 3.05) is 26.7 Å². The molecule has 1 aliphatic heterocycles. The van der Waals surface area contributed by atoms with Gasteiger partial charge in [0.05, 0.1) is 12.7 Å². The second-order valence-corrected chi connectivity index (χ2v) is 6.26. The number of benzene rings is 1. The van der Waals surface area contributed by atoms with E-state index in [1.54, 1.807) is 7.11 Å². The Morgan fingerprint density at radius 1 is 1.52 bits per heavy atom. The highest BCUT2D eigenvalue weighted by Gasteiger charge is 2.27. The van der Waals surface area contributed by atoms with Crippen LogP contribution < -0.4 is 10.1 Å². The van der Waals surface area contributed by atoms with Crippen molar-refractivity contribution in [2.45, 2.75) is 32.2 Å². The van der Waals surface area contributed by atoms with E-state index in [4.69, 9.17) is 4.74 Å². The smallest absolute Gasteiger partial charge is 0.257 e. The second-order valence-electron chi connectivity index (χ2n) is 5.34. The van der Waals surface area contributed by atoms with Crippen LogP contribution >= 0.6 is 15.9 Å². The van der Waals surface area contributed by atoms with E-state index in [1.807, 2.05) is 23.1 Å². The van der Waals surface area contributed by atoms with Gasteiger partial charge in [0, 0.05) is 23.6 Å². The van der Waals surface area contributed by atoms with Crippen molar-refractivity contribution in [3.8, 4) is 5.75 Å². The minimum atomic E-state index is 0.0647. The Morgan fingerprint density at radius 2 is 2.33 bits per heavy atom. The number of carbonyl (C=O) groups excluding carboxylic acids is 1. The van der Waals surface area contributed by atoms with Gasteiger partial charge in [0.1, 0.15) is 5.75 Å². The first kappa shape index (κ1) is 16.3. The highest BCUT2D eigenvalue weighted by Crippen LogP contribution is 2.26. The summed E-state index contributed by atoms with van der Waals surface area (Å²) < 4.78 is 6.28. The summed E-state index contributed by atoms with van der Waals surface area (Å²) >= 11 is 3.42. The fourth-order valence-electron chi connectivity index (χ4n) is 2.79. The van der Waals surface area contributed by atoms with Gasteiger partial charge in [0.15, 0.2) is 0 Å². The molecule has 1 N–H and O–H groups in total. The molecule has 5 heteroatoms. The standard InChI is InChI=1S/C16H23BrN2O2/c1-3-9-19(13-5-4-8-18-11-13)16(20)14-7-6-12(17)10-15(14)21-2/h6-7,10,13,18H,3-5,8-9,11H2,1-2H3. The Morgan fingerprint density at radius 3 is 2.95 bits per heavy atom. The van der Waals surface area contributed by atoms with E-state index in [0.717, 1.165) is 43.4 Å². The molecule has 1 saturated heterocycles. The number of piperidine rings is 1. The van der Waals surface area contributed by atoms with Crippen molar-refractivity contribution in [1.82, 2.24) is 10.2 Å². The van der Waals surface area contributed by atoms with Gasteiger partial charge in [-0.2, -0.15) is 0 Å². The van der Waals surface area contributed by atoms with Gasteiger partial charge in [-0.25, -0.2) is 0 Å². The molecule has 1 heterocycles. The zero-order chi connectivity index (χ0) is 15.2. The zero-order valence-electron chi connectivity index (χ0n) is 12.7. The van der Waals surface area contributed by atoms with Gasteiger partial charge in [0.2, 0.25) is 0 Å². The molecule has 1 unspecified atom stereocenters. The molecule has 0 saturated carbocycles. The number of amides is 1. The Balaban J connectivity index is 2.25. The highest BCUT2D eigenvalue weighted by atomic mass is 79.9. The van der Waals surface area contributed by atoms with E-state index < -0.39 is 0 Å². The molecule has 0 aromatic heterocycles. The molecule has 0 aliphatic carbocycles. The van der Waals surface area contributed by atoms with E-state index in [-0.39, 0.29) is 11.9 Å². The van der Waals surface area contributed by atoms with Crippen LogP contribution in [0.25, 0.3) is 0 Å². The molecular weight excluding hydrogens is 332 g/mol. The van der Waals surface area contributed by atoms with E-state index in [9.17, 15) is 4.79 Å². The first-order valence-corrected chi connectivity index (χ1v) is 8.32. The van der Waals surface area contributed by atoms with Gasteiger partial charge in [0.25, 0.3) is 5.91 Å². The molecule has 1 aliphatic rings. The van der Waals surface area contributed by atoms with Crippen LogP contribution in [-0.2, 0) is 0 Å². The molecule has 0 radical (unpaired) electrons. The number of methoxy groups -OCH3 is 1. The van der Waals surface area contributed by atoms with Gasteiger partial charge in [-0.05, 0) is 44.0 Å². The summed E-state index contributed by atoms with van der Waals surface area (Å²) in [7, 11) is 1.60. The van der Waals surface area contributed by atoms with Crippen molar-refractivity contribution in [1.29, 1.82) is 0 Å². The van der Waals surface area contributed by atoms with Crippen molar-refractivity contribution in [3.05, 3.63) is 28.2 Å². The molecule has 1 fully saturated rings. The van der Waals surface area contributed by atoms with Gasteiger partial charge in [-0.1, -0.05) is 22.9 Å². The molecule has 1 atom stereocenters. The third kappa shape index (κ3) is 3.98. The Bertz CT molecular complexity index is 487. The summed E-state index contributed by atoms with van der Waals surface area (Å²) in [6, 6.07) is 5.85. The number of halogens is 1. The molecule has 0 spiro atoms. The lowest BCUT2D eigenvalue weighted by Gasteiger charge is -2.35. The second kappa shape index (κ2) is 7.80. The summed E-state index contributed by atoms with van der Waals surface area (Å²) in [6.07, 6.45) is 3.15. The van der Waals surface area contributed by atoms with Crippen LogP contribution in [0.2, 0.25) is 0 Å². The lowest BCUT2D eigenvalue weighted by molar-refractivity contribution is 0.0645. The fraction of sp³-hybridized carbons (Fsp3) is 0.562. The van der Waals surface area contributed by atoms with Gasteiger partial charge < -0.3 is 15.0 Å². The normalized spacial score (nSPS) is 18.3. The quantitative estimate of drug-likeness (QED) is 0.883. The summed E-state index contributed by atoms with van der Waals surface area (Å²) in [4.78, 5) is 14.9. The molecule has 1 aromatic rings. The van der Waals surface area contributed by atoms with Crippen LogP contribution in [-0.4, -0.2) is 43.6 Å². The lowest BCUT2D eigenvalue weighted by Crippen LogP contribution is -2.49. The zero-order valence-corrected chi connectivity index (χ0v) is 14.3. The average Bonchev–Trinajstić information content (AvgIpc) is 2.52. The van der Waals surface area contributed by atoms with Gasteiger partial charge in [-0.3, -0.25) is 4.79 Å². The number of carbonyl (C=O) groups is 1. The van der Waals surface area contributed by atoms with E-state index >= 15 is 0 Å². The third-order valence-corrected chi connectivity index (χ3v) is 4.32. The number of nitrogens with zero attached hydrogens (tertiary/aromatic N) is 1. The van der Waals surface area contributed by atoms with Crippen LogP contribution in [0.15, 0.2) is 22.7 Å². The number of rotatable bonds is 5. The monoisotopic (exact) mass is 354 g/mol. The maximum Gasteiger partial charge on any atom is 0.257 e. The predicted octanol–water partition coefficient (Wildman–Crippen LogP) is 3.06. The van der Waals surface area contributed by atoms with E-state index in [0.29, 0.717) is 11.3 Å². The SMILES string of the molecule is CCCN(C(=O)c1ccc(Br)cc1OC)C1CCCNC1. The van der Waals surface area contributed by atoms with Gasteiger partial charge in [-0.15, -0.1) is 0 Å². The Hall–Kier alpha value is -1.07. The molecule has 21 heavy (non-hydrogen) atoms. The van der Waals surface area contributed by atoms with E-state index in [2.05, 4.69) is 28.2 Å². The number of hydrogen-bond acceptors (Lipinski definition) is 3. The van der Waals surface area contributed by atoms with Crippen molar-refractivity contribution in [3.63, 3.8) is 0 Å². The molecule has 1 aromatic carbocycles. The topological polar surface area (TPSA) is 41.6 Å². The van der Waals surface area contributed by atoms with E-state index in [1.165, 1.54) is 0 Å². The maximum absolute atomic E-state index is 12.9. The highest BCUT2D eigenvalue weighted by molar-refractivity contribution is 9.10. The lowest BCUT2D eigenvalue weighted by atomic mass is 10.0. The largest absolute Gasteiger partial charge is 0.496 e. The number of nitrogens with one attached hydrogen (secondary N) is 1. The predicted molar refractivity (Wildman–Crippen MR) is 87.9 cm³/mol. The summed E-state index contributed by atoms with van der Waals surface area (Å²) in [5, 5.41) is 3.39. The van der Waals surface area contributed by atoms with Crippen molar-refractivity contribution in [2.24, 2.45) is 0 Å². The summed E-state index contributed by atoms with van der Waals surface area (Å²) in [6.45, 7) is 4.82. The maximum atomic E-state index is 12.9. The fourth-order valence-corrected chi connectivity index (χ4v) is 3.13. The van der Waals surface area contributed by atoms with Crippen LogP contribution in [0.3, 0.4) is 0 Å². The molecule has 116 valence electrons. The molecule has 4 nitrogen and oxygen atoms in total.